The summed E-state index contributed by atoms with van der Waals surface area (Å²) < 4.78 is 0. The van der Waals surface area contributed by atoms with Crippen molar-refractivity contribution in [1.82, 2.24) is 0 Å². The monoisotopic (exact) mass is 972 g/mol. The van der Waals surface area contributed by atoms with Crippen LogP contribution in [0.5, 0.6) is 0 Å². The fraction of sp³-hybridized carbons (Fsp3) is 0.239. The van der Waals surface area contributed by atoms with Crippen LogP contribution in [0.1, 0.15) is 102 Å². The summed E-state index contributed by atoms with van der Waals surface area (Å²) in [4.78, 5) is 8.20. The first kappa shape index (κ1) is 46.0. The number of fused-ring (bicyclic) bond motifs is 8. The molecule has 368 valence electrons. The lowest BCUT2D eigenvalue weighted by molar-refractivity contribution is 0.218. The number of benzene rings is 9. The molecule has 1 fully saturated rings. The molecule has 9 aromatic rings. The number of hydrogen-bond acceptors (Lipinski definition) is 3. The average molecular weight is 972 g/mol. The van der Waals surface area contributed by atoms with Crippen LogP contribution >= 0.6 is 0 Å². The third kappa shape index (κ3) is 7.22. The molecule has 0 N–H and O–H groups in total. The normalized spacial score (nSPS) is 19.3. The Kier molecular flexibility index (Phi) is 10.7. The molecule has 0 spiro atoms. The zero-order chi connectivity index (χ0) is 50.6. The van der Waals surface area contributed by atoms with Crippen LogP contribution in [-0.2, 0) is 23.7 Å². The molecule has 2 unspecified atom stereocenters. The summed E-state index contributed by atoms with van der Waals surface area (Å²) in [5.74, 6) is 0. The molecule has 0 aromatic heterocycles. The molecule has 2 atom stereocenters. The number of rotatable bonds is 6. The van der Waals surface area contributed by atoms with Crippen molar-refractivity contribution in [2.75, 3.05) is 14.7 Å². The van der Waals surface area contributed by atoms with Crippen molar-refractivity contribution in [2.45, 2.75) is 109 Å². The topological polar surface area (TPSA) is 9.72 Å². The van der Waals surface area contributed by atoms with Gasteiger partial charge in [-0.2, -0.15) is 0 Å². The summed E-state index contributed by atoms with van der Waals surface area (Å²) in [6.07, 6.45) is 10.8. The second kappa shape index (κ2) is 17.5. The highest BCUT2D eigenvalue weighted by Gasteiger charge is 2.57. The molecule has 0 saturated heterocycles. The van der Waals surface area contributed by atoms with E-state index in [0.29, 0.717) is 0 Å². The second-order valence-corrected chi connectivity index (χ2v) is 23.8. The van der Waals surface area contributed by atoms with E-state index in [-0.39, 0.29) is 23.1 Å². The van der Waals surface area contributed by atoms with E-state index in [9.17, 15) is 0 Å². The number of nitrogens with zero attached hydrogens (tertiary/aromatic N) is 3. The fourth-order valence-corrected chi connectivity index (χ4v) is 14.5. The highest BCUT2D eigenvalue weighted by molar-refractivity contribution is 7.00. The quantitative estimate of drug-likeness (QED) is 0.154. The lowest BCUT2D eigenvalue weighted by Gasteiger charge is -2.50. The number of aryl methyl sites for hydroxylation is 2. The molecule has 4 heteroatoms. The lowest BCUT2D eigenvalue weighted by Crippen LogP contribution is -2.61. The summed E-state index contributed by atoms with van der Waals surface area (Å²) >= 11 is 0. The molecule has 0 radical (unpaired) electrons. The van der Waals surface area contributed by atoms with Crippen LogP contribution in [0.15, 0.2) is 200 Å². The summed E-state index contributed by atoms with van der Waals surface area (Å²) in [6.45, 7) is 12.2. The van der Waals surface area contributed by atoms with Gasteiger partial charge in [0.05, 0.1) is 11.2 Å². The number of anilines is 8. The minimum Gasteiger partial charge on any atom is -0.334 e. The van der Waals surface area contributed by atoms with Crippen LogP contribution in [0.2, 0.25) is 0 Å². The third-order valence-electron chi connectivity index (χ3n) is 18.6. The standard InChI is InChI=1S/C71H66BN3/c1-69(2,3)55-35-39-62(58(45-55)51-26-15-10-16-27-51)74-65-44-53-29-21-28-52(53)42-61(65)72-60-43-54(49-24-13-9-14-25-49)34-38-64(60)73(56-36-32-50(33-37-56)48-22-11-8-12-23-48)66-46-57(47-67(74)68(66)72)75-63-31-18-17-30-59(63)70(4)40-19-6-7-20-41-71(70,75)5/h8-18,22-27,30-39,42-47H,6-7,19-21,28-29,40-41H2,1-5H3. The average Bonchev–Trinajstić information content (AvgIpc) is 4.15. The van der Waals surface area contributed by atoms with Crippen LogP contribution in [0.25, 0.3) is 33.4 Å². The summed E-state index contributed by atoms with van der Waals surface area (Å²) in [6, 6.07) is 77.1. The molecule has 75 heavy (non-hydrogen) atoms. The van der Waals surface area contributed by atoms with E-state index < -0.39 is 0 Å². The molecule has 1 saturated carbocycles. The molecule has 2 aliphatic carbocycles. The zero-order valence-electron chi connectivity index (χ0n) is 44.3. The van der Waals surface area contributed by atoms with Gasteiger partial charge in [-0.3, -0.25) is 0 Å². The zero-order valence-corrected chi connectivity index (χ0v) is 44.3. The van der Waals surface area contributed by atoms with Crippen LogP contribution in [0.4, 0.5) is 45.5 Å². The van der Waals surface area contributed by atoms with E-state index in [2.05, 4.69) is 250 Å². The van der Waals surface area contributed by atoms with Crippen molar-refractivity contribution in [1.29, 1.82) is 0 Å². The van der Waals surface area contributed by atoms with Gasteiger partial charge < -0.3 is 14.7 Å². The van der Waals surface area contributed by atoms with Gasteiger partial charge in [-0.1, -0.05) is 199 Å². The predicted octanol–water partition coefficient (Wildman–Crippen LogP) is 17.1. The van der Waals surface area contributed by atoms with E-state index in [1.165, 1.54) is 150 Å². The van der Waals surface area contributed by atoms with E-state index >= 15 is 0 Å². The van der Waals surface area contributed by atoms with E-state index in [1.807, 2.05) is 0 Å². The molecule has 3 heterocycles. The van der Waals surface area contributed by atoms with Crippen molar-refractivity contribution in [3.8, 4) is 33.4 Å². The van der Waals surface area contributed by atoms with Gasteiger partial charge in [-0.15, -0.1) is 0 Å². The molecular weight excluding hydrogens is 906 g/mol. The van der Waals surface area contributed by atoms with Gasteiger partial charge in [-0.25, -0.2) is 0 Å². The number of para-hydroxylation sites is 1. The Morgan fingerprint density at radius 2 is 0.987 bits per heavy atom. The summed E-state index contributed by atoms with van der Waals surface area (Å²) in [7, 11) is 0. The van der Waals surface area contributed by atoms with Crippen molar-refractivity contribution in [3.63, 3.8) is 0 Å². The van der Waals surface area contributed by atoms with Gasteiger partial charge in [0.1, 0.15) is 0 Å². The third-order valence-corrected chi connectivity index (χ3v) is 18.6. The lowest BCUT2D eigenvalue weighted by atomic mass is 9.33. The van der Waals surface area contributed by atoms with E-state index in [1.54, 1.807) is 0 Å². The molecule has 3 nitrogen and oxygen atoms in total. The van der Waals surface area contributed by atoms with Crippen molar-refractivity contribution in [3.05, 3.63) is 222 Å². The van der Waals surface area contributed by atoms with Crippen LogP contribution < -0.4 is 31.1 Å². The van der Waals surface area contributed by atoms with Crippen molar-refractivity contribution < 1.29 is 0 Å². The molecule has 9 aromatic carbocycles. The predicted molar refractivity (Wildman–Crippen MR) is 320 cm³/mol. The molecule has 0 bridgehead atoms. The maximum Gasteiger partial charge on any atom is 0.252 e. The van der Waals surface area contributed by atoms with Crippen LogP contribution in [0, 0.1) is 0 Å². The van der Waals surface area contributed by atoms with Gasteiger partial charge >= 0.3 is 0 Å². The summed E-state index contributed by atoms with van der Waals surface area (Å²) in [5, 5.41) is 0. The molecule has 5 aliphatic rings. The summed E-state index contributed by atoms with van der Waals surface area (Å²) in [5.41, 5.74) is 27.2. The maximum absolute atomic E-state index is 2.83. The Morgan fingerprint density at radius 1 is 0.413 bits per heavy atom. The molecule has 3 aliphatic heterocycles. The smallest absolute Gasteiger partial charge is 0.252 e. The van der Waals surface area contributed by atoms with Crippen molar-refractivity contribution >= 4 is 68.6 Å². The SMILES string of the molecule is CC(C)(C)c1ccc(N2c3cc4c(cc3B3c5cc(-c6ccccc6)ccc5N(c5ccc(-c6ccccc6)cc5)c5cc(N6c7ccccc7C7(C)CCCCCCC67C)cc2c53)CCC4)c(-c2ccccc2)c1. The van der Waals surface area contributed by atoms with Crippen LogP contribution in [-0.4, -0.2) is 12.3 Å². The number of hydrogen-bond donors (Lipinski definition) is 0. The van der Waals surface area contributed by atoms with Gasteiger partial charge in [-0.05, 0) is 165 Å². The van der Waals surface area contributed by atoms with Crippen LogP contribution in [0.3, 0.4) is 0 Å². The Hall–Kier alpha value is -7.56. The van der Waals surface area contributed by atoms with Crippen molar-refractivity contribution in [2.24, 2.45) is 0 Å². The first-order valence-corrected chi connectivity index (χ1v) is 28.0. The first-order valence-electron chi connectivity index (χ1n) is 28.0. The van der Waals surface area contributed by atoms with E-state index in [4.69, 9.17) is 0 Å². The van der Waals surface area contributed by atoms with Gasteiger partial charge in [0.25, 0.3) is 6.71 Å². The first-order chi connectivity index (χ1) is 36.6. The Balaban J connectivity index is 1.11. The second-order valence-electron chi connectivity index (χ2n) is 23.8. The highest BCUT2D eigenvalue weighted by Crippen LogP contribution is 2.61. The Morgan fingerprint density at radius 3 is 1.69 bits per heavy atom. The maximum atomic E-state index is 2.83. The minimum atomic E-state index is -0.154. The minimum absolute atomic E-state index is 0.0122. The van der Waals surface area contributed by atoms with E-state index in [0.717, 1.165) is 24.9 Å². The van der Waals surface area contributed by atoms with Gasteiger partial charge in [0, 0.05) is 50.8 Å². The Labute approximate surface area is 445 Å². The Bertz CT molecular complexity index is 3670. The molecule has 14 rings (SSSR count). The largest absolute Gasteiger partial charge is 0.334 e. The molecule has 0 amide bonds. The fourth-order valence-electron chi connectivity index (χ4n) is 14.5. The molecular formula is C71H66BN3. The van der Waals surface area contributed by atoms with Gasteiger partial charge in [0.15, 0.2) is 0 Å². The van der Waals surface area contributed by atoms with Gasteiger partial charge in [0.2, 0.25) is 0 Å². The highest BCUT2D eigenvalue weighted by atomic mass is 15.3.